The van der Waals surface area contributed by atoms with Gasteiger partial charge in [0.15, 0.2) is 0 Å². The Morgan fingerprint density at radius 2 is 1.74 bits per heavy atom. The zero-order valence-corrected chi connectivity index (χ0v) is 23.0. The van der Waals surface area contributed by atoms with E-state index in [2.05, 4.69) is 34.2 Å². The number of aromatic nitrogens is 1. The van der Waals surface area contributed by atoms with Crippen molar-refractivity contribution in [2.24, 2.45) is 5.92 Å². The summed E-state index contributed by atoms with van der Waals surface area (Å²) in [7, 11) is 1.31. The number of hydrogen-bond donors (Lipinski definition) is 2. The van der Waals surface area contributed by atoms with E-state index in [1.165, 1.54) is 7.11 Å². The lowest BCUT2D eigenvalue weighted by Gasteiger charge is -2.32. The highest BCUT2D eigenvalue weighted by atomic mass is 16.6. The Labute approximate surface area is 224 Å². The van der Waals surface area contributed by atoms with Crippen molar-refractivity contribution in [1.29, 1.82) is 0 Å². The SMILES string of the molecule is COC(=O)Nc1cc(-c2ccc(OCC(C)(CC(C)C)NC(=O)OCc3ccccc3)c(C)c2C)ccn1. The molecule has 0 aliphatic carbocycles. The van der Waals surface area contributed by atoms with Gasteiger partial charge < -0.3 is 19.5 Å². The monoisotopic (exact) mass is 519 g/mol. The van der Waals surface area contributed by atoms with Crippen molar-refractivity contribution in [1.82, 2.24) is 10.3 Å². The number of anilines is 1. The quantitative estimate of drug-likeness (QED) is 0.311. The van der Waals surface area contributed by atoms with Gasteiger partial charge >= 0.3 is 12.2 Å². The largest absolute Gasteiger partial charge is 0.491 e. The molecule has 3 rings (SSSR count). The molecule has 8 nitrogen and oxygen atoms in total. The van der Waals surface area contributed by atoms with Gasteiger partial charge in [-0.15, -0.1) is 0 Å². The summed E-state index contributed by atoms with van der Waals surface area (Å²) < 4.78 is 16.4. The topological polar surface area (TPSA) is 98.8 Å². The lowest BCUT2D eigenvalue weighted by molar-refractivity contribution is 0.109. The average Bonchev–Trinajstić information content (AvgIpc) is 2.88. The zero-order valence-electron chi connectivity index (χ0n) is 23.0. The highest BCUT2D eigenvalue weighted by Crippen LogP contribution is 2.32. The van der Waals surface area contributed by atoms with Gasteiger partial charge in [0.1, 0.15) is 24.8 Å². The van der Waals surface area contributed by atoms with Gasteiger partial charge in [0.2, 0.25) is 0 Å². The lowest BCUT2D eigenvalue weighted by atomic mass is 9.91. The molecule has 3 aromatic rings. The number of hydrogen-bond acceptors (Lipinski definition) is 6. The van der Waals surface area contributed by atoms with Crippen molar-refractivity contribution in [2.45, 2.75) is 53.2 Å². The number of ether oxygens (including phenoxy) is 3. The third-order valence-corrected chi connectivity index (χ3v) is 6.25. The fourth-order valence-corrected chi connectivity index (χ4v) is 4.38. The van der Waals surface area contributed by atoms with Gasteiger partial charge in [-0.3, -0.25) is 5.32 Å². The molecule has 0 aliphatic heterocycles. The van der Waals surface area contributed by atoms with Crippen molar-refractivity contribution in [2.75, 3.05) is 19.0 Å². The van der Waals surface area contributed by atoms with Gasteiger partial charge in [-0.1, -0.05) is 50.2 Å². The van der Waals surface area contributed by atoms with Gasteiger partial charge in [0, 0.05) is 6.20 Å². The second-order valence-electron chi connectivity index (χ2n) is 10.0. The molecule has 0 radical (unpaired) electrons. The summed E-state index contributed by atoms with van der Waals surface area (Å²) >= 11 is 0. The number of carbonyl (C=O) groups excluding carboxylic acids is 2. The van der Waals surface area contributed by atoms with Crippen LogP contribution >= 0.6 is 0 Å². The first-order valence-electron chi connectivity index (χ1n) is 12.6. The molecule has 1 heterocycles. The Hall–Kier alpha value is -4.07. The molecule has 0 saturated carbocycles. The summed E-state index contributed by atoms with van der Waals surface area (Å²) in [5.41, 5.74) is 4.24. The first kappa shape index (κ1) is 28.5. The fourth-order valence-electron chi connectivity index (χ4n) is 4.38. The lowest BCUT2D eigenvalue weighted by Crippen LogP contribution is -2.51. The fraction of sp³-hybridized carbons (Fsp3) is 0.367. The number of carbonyl (C=O) groups is 2. The first-order valence-corrected chi connectivity index (χ1v) is 12.6. The van der Waals surface area contributed by atoms with E-state index in [-0.39, 0.29) is 13.2 Å². The molecule has 0 aliphatic rings. The van der Waals surface area contributed by atoms with Crippen LogP contribution in [0.15, 0.2) is 60.8 Å². The molecule has 8 heteroatoms. The number of methoxy groups -OCH3 is 1. The molecule has 0 saturated heterocycles. The second-order valence-corrected chi connectivity index (χ2v) is 10.0. The number of rotatable bonds is 10. The zero-order chi connectivity index (χ0) is 27.7. The predicted octanol–water partition coefficient (Wildman–Crippen LogP) is 6.65. The molecule has 38 heavy (non-hydrogen) atoms. The van der Waals surface area contributed by atoms with Crippen molar-refractivity contribution in [3.8, 4) is 16.9 Å². The summed E-state index contributed by atoms with van der Waals surface area (Å²) in [6.07, 6.45) is 1.31. The van der Waals surface area contributed by atoms with Crippen LogP contribution in [0.5, 0.6) is 5.75 Å². The summed E-state index contributed by atoms with van der Waals surface area (Å²) in [5.74, 6) is 1.48. The van der Waals surface area contributed by atoms with Crippen LogP contribution in [0.3, 0.4) is 0 Å². The Bertz CT molecular complexity index is 1250. The third-order valence-electron chi connectivity index (χ3n) is 6.25. The van der Waals surface area contributed by atoms with E-state index in [0.29, 0.717) is 11.7 Å². The van der Waals surface area contributed by atoms with E-state index < -0.39 is 17.7 Å². The molecule has 2 amide bonds. The number of pyridine rings is 1. The van der Waals surface area contributed by atoms with Crippen molar-refractivity contribution in [3.63, 3.8) is 0 Å². The number of amides is 2. The normalized spacial score (nSPS) is 12.4. The minimum Gasteiger partial charge on any atom is -0.491 e. The highest BCUT2D eigenvalue weighted by Gasteiger charge is 2.30. The van der Waals surface area contributed by atoms with Gasteiger partial charge in [-0.25, -0.2) is 14.6 Å². The molecular weight excluding hydrogens is 482 g/mol. The predicted molar refractivity (Wildman–Crippen MR) is 148 cm³/mol. The molecule has 1 unspecified atom stereocenters. The third kappa shape index (κ3) is 7.96. The van der Waals surface area contributed by atoms with Crippen LogP contribution in [-0.2, 0) is 16.1 Å². The van der Waals surface area contributed by atoms with Gasteiger partial charge in [-0.2, -0.15) is 0 Å². The number of alkyl carbamates (subject to hydrolysis) is 1. The minimum atomic E-state index is -0.624. The van der Waals surface area contributed by atoms with Crippen LogP contribution in [0.2, 0.25) is 0 Å². The average molecular weight is 520 g/mol. The summed E-state index contributed by atoms with van der Waals surface area (Å²) in [6.45, 7) is 10.7. The minimum absolute atomic E-state index is 0.205. The Kier molecular flexibility index (Phi) is 9.71. The summed E-state index contributed by atoms with van der Waals surface area (Å²) in [5, 5.41) is 5.62. The van der Waals surface area contributed by atoms with E-state index in [0.717, 1.165) is 40.0 Å². The Morgan fingerprint density at radius 1 is 1.00 bits per heavy atom. The van der Waals surface area contributed by atoms with E-state index in [1.807, 2.05) is 69.3 Å². The molecule has 202 valence electrons. The number of benzene rings is 2. The van der Waals surface area contributed by atoms with Crippen LogP contribution in [0.4, 0.5) is 15.4 Å². The van der Waals surface area contributed by atoms with Gasteiger partial charge in [0.05, 0.1) is 12.6 Å². The Balaban J connectivity index is 1.71. The second kappa shape index (κ2) is 12.9. The molecule has 1 aromatic heterocycles. The van der Waals surface area contributed by atoms with Crippen LogP contribution < -0.4 is 15.4 Å². The van der Waals surface area contributed by atoms with Crippen molar-refractivity contribution < 1.29 is 23.8 Å². The number of nitrogens with one attached hydrogen (secondary N) is 2. The molecule has 2 N–H and O–H groups in total. The maximum Gasteiger partial charge on any atom is 0.412 e. The van der Waals surface area contributed by atoms with Crippen LogP contribution in [-0.4, -0.2) is 36.4 Å². The van der Waals surface area contributed by atoms with Gasteiger partial charge in [0.25, 0.3) is 0 Å². The molecule has 0 fully saturated rings. The van der Waals surface area contributed by atoms with Crippen molar-refractivity contribution >= 4 is 18.0 Å². The maximum atomic E-state index is 12.6. The highest BCUT2D eigenvalue weighted by molar-refractivity contribution is 5.84. The van der Waals surface area contributed by atoms with E-state index >= 15 is 0 Å². The van der Waals surface area contributed by atoms with Crippen molar-refractivity contribution in [3.05, 3.63) is 77.5 Å². The molecule has 0 spiro atoms. The summed E-state index contributed by atoms with van der Waals surface area (Å²) in [4.78, 5) is 28.4. The molecular formula is C30H37N3O5. The maximum absolute atomic E-state index is 12.6. The van der Waals surface area contributed by atoms with E-state index in [1.54, 1.807) is 12.3 Å². The van der Waals surface area contributed by atoms with E-state index in [9.17, 15) is 9.59 Å². The molecule has 1 atom stereocenters. The molecule has 0 bridgehead atoms. The summed E-state index contributed by atoms with van der Waals surface area (Å²) in [6, 6.07) is 17.2. The smallest absolute Gasteiger partial charge is 0.412 e. The van der Waals surface area contributed by atoms with Crippen LogP contribution in [0.25, 0.3) is 11.1 Å². The van der Waals surface area contributed by atoms with E-state index in [4.69, 9.17) is 9.47 Å². The van der Waals surface area contributed by atoms with Gasteiger partial charge in [-0.05, 0) is 79.1 Å². The Morgan fingerprint density at radius 3 is 2.42 bits per heavy atom. The molecule has 2 aromatic carbocycles. The standard InChI is InChI=1S/C30H37N3O5/c1-20(2)17-30(5,33-29(35)37-18-23-10-8-7-9-11-23)19-38-26-13-12-25(21(3)22(26)4)24-14-15-31-27(16-24)32-28(34)36-6/h7-16,20H,17-19H2,1-6H3,(H,33,35)(H,31,32,34). The number of nitrogens with zero attached hydrogens (tertiary/aromatic N) is 1. The van der Waals surface area contributed by atoms with Crippen LogP contribution in [0.1, 0.15) is 43.9 Å². The van der Waals surface area contributed by atoms with Crippen LogP contribution in [0, 0.1) is 19.8 Å². The first-order chi connectivity index (χ1) is 18.1.